The Balaban J connectivity index is 3.40. The summed E-state index contributed by atoms with van der Waals surface area (Å²) in [4.78, 5) is 53.3. The van der Waals surface area contributed by atoms with Crippen LogP contribution in [0.3, 0.4) is 0 Å². The maximum Gasteiger partial charge on any atom is 0.408 e. The first-order valence-electron chi connectivity index (χ1n) is 12.8. The molecule has 0 saturated heterocycles. The van der Waals surface area contributed by atoms with E-state index < -0.39 is 41.6 Å². The number of alkyl carbamates (subject to hydrolysis) is 1. The summed E-state index contributed by atoms with van der Waals surface area (Å²) in [7, 11) is 0. The molecule has 0 spiro atoms. The molecule has 1 aromatic rings. The zero-order chi connectivity index (χ0) is 28.3. The van der Waals surface area contributed by atoms with Gasteiger partial charge in [-0.3, -0.25) is 14.4 Å². The number of rotatable bonds is 12. The molecule has 3 unspecified atom stereocenters. The third kappa shape index (κ3) is 10.3. The molecular weight excluding hydrogens is 478 g/mol. The molecule has 10 heteroatoms. The van der Waals surface area contributed by atoms with Gasteiger partial charge in [-0.05, 0) is 64.7 Å². The Kier molecular flexibility index (Phi) is 12.4. The van der Waals surface area contributed by atoms with Crippen LogP contribution >= 0.6 is 0 Å². The lowest BCUT2D eigenvalue weighted by Gasteiger charge is -2.39. The highest BCUT2D eigenvalue weighted by molar-refractivity contribution is 5.92. The van der Waals surface area contributed by atoms with E-state index in [0.29, 0.717) is 12.0 Å². The van der Waals surface area contributed by atoms with Crippen LogP contribution in [0.1, 0.15) is 79.8 Å². The quantitative estimate of drug-likeness (QED) is 0.357. The van der Waals surface area contributed by atoms with Crippen LogP contribution in [0.15, 0.2) is 24.3 Å². The number of carbonyl (C=O) groups excluding carboxylic acids is 4. The monoisotopic (exact) mass is 521 g/mol. The summed E-state index contributed by atoms with van der Waals surface area (Å²) in [5.74, 6) is -1.69. The van der Waals surface area contributed by atoms with Gasteiger partial charge in [0.05, 0.1) is 13.0 Å². The number of hydrogen-bond acceptors (Lipinski definition) is 7. The van der Waals surface area contributed by atoms with Crippen LogP contribution in [0.4, 0.5) is 4.79 Å². The van der Waals surface area contributed by atoms with Gasteiger partial charge in [0, 0.05) is 12.6 Å². The zero-order valence-corrected chi connectivity index (χ0v) is 23.3. The van der Waals surface area contributed by atoms with Crippen molar-refractivity contribution < 1.29 is 33.8 Å². The average Bonchev–Trinajstić information content (AvgIpc) is 2.79. The van der Waals surface area contributed by atoms with Crippen LogP contribution in [0.5, 0.6) is 5.75 Å². The maximum atomic E-state index is 14.0. The summed E-state index contributed by atoms with van der Waals surface area (Å²) < 4.78 is 10.3. The first kappa shape index (κ1) is 31.7. The molecule has 3 amide bonds. The van der Waals surface area contributed by atoms with Crippen molar-refractivity contribution in [1.82, 2.24) is 15.5 Å². The summed E-state index contributed by atoms with van der Waals surface area (Å²) >= 11 is 0. The van der Waals surface area contributed by atoms with Crippen molar-refractivity contribution in [3.63, 3.8) is 0 Å². The first-order chi connectivity index (χ1) is 17.2. The summed E-state index contributed by atoms with van der Waals surface area (Å²) in [6.07, 6.45) is -0.217. The summed E-state index contributed by atoms with van der Waals surface area (Å²) in [5, 5.41) is 15.2. The van der Waals surface area contributed by atoms with Crippen LogP contribution in [0, 0.1) is 5.92 Å². The molecule has 3 N–H and O–H groups in total. The molecule has 208 valence electrons. The molecule has 0 aliphatic rings. The fraction of sp³-hybridized carbons (Fsp3) is 0.630. The number of ether oxygens (including phenoxy) is 2. The highest BCUT2D eigenvalue weighted by Crippen LogP contribution is 2.28. The maximum absolute atomic E-state index is 14.0. The minimum absolute atomic E-state index is 0.0123. The number of nitrogens with zero attached hydrogens (tertiary/aromatic N) is 1. The number of nitrogens with one attached hydrogen (secondary N) is 2. The molecule has 0 radical (unpaired) electrons. The number of aromatic hydroxyl groups is 1. The number of carbonyl (C=O) groups is 4. The van der Waals surface area contributed by atoms with Crippen LogP contribution in [-0.4, -0.2) is 64.7 Å². The van der Waals surface area contributed by atoms with Gasteiger partial charge in [0.15, 0.2) is 0 Å². The Hall–Kier alpha value is -3.30. The van der Waals surface area contributed by atoms with Gasteiger partial charge in [0.25, 0.3) is 0 Å². The van der Waals surface area contributed by atoms with Crippen LogP contribution in [0.25, 0.3) is 0 Å². The van der Waals surface area contributed by atoms with Crippen molar-refractivity contribution in [2.24, 2.45) is 5.92 Å². The molecule has 10 nitrogen and oxygen atoms in total. The molecule has 1 rings (SSSR count). The summed E-state index contributed by atoms with van der Waals surface area (Å²) in [6, 6.07) is 3.59. The van der Waals surface area contributed by atoms with Crippen molar-refractivity contribution in [2.75, 3.05) is 13.2 Å². The standard InChI is InChI=1S/C27H43N3O7/c1-9-18(5)30(25(34)22(17(3)4)29-26(35)37-27(6,7)8)23(19-11-13-20(31)14-12-19)24(33)28-16-15-21(32)36-10-2/h11-14,17-18,22-23,31H,9-10,15-16H2,1-8H3,(H,28,33)(H,29,35). The van der Waals surface area contributed by atoms with Crippen molar-refractivity contribution in [1.29, 1.82) is 0 Å². The normalized spacial score (nSPS) is 13.8. The Morgan fingerprint density at radius 2 is 1.62 bits per heavy atom. The van der Waals surface area contributed by atoms with E-state index in [-0.39, 0.29) is 37.3 Å². The molecular formula is C27H43N3O7. The second-order valence-electron chi connectivity index (χ2n) is 10.2. The number of hydrogen-bond donors (Lipinski definition) is 3. The van der Waals surface area contributed by atoms with Crippen LogP contribution in [0.2, 0.25) is 0 Å². The van der Waals surface area contributed by atoms with E-state index >= 15 is 0 Å². The minimum Gasteiger partial charge on any atom is -0.508 e. The van der Waals surface area contributed by atoms with Crippen molar-refractivity contribution in [2.45, 2.75) is 92.0 Å². The molecule has 0 saturated carbocycles. The number of phenols is 1. The van der Waals surface area contributed by atoms with E-state index in [9.17, 15) is 24.3 Å². The van der Waals surface area contributed by atoms with Gasteiger partial charge in [-0.2, -0.15) is 0 Å². The zero-order valence-electron chi connectivity index (χ0n) is 23.3. The van der Waals surface area contributed by atoms with E-state index in [1.165, 1.54) is 17.0 Å². The second kappa shape index (κ2) is 14.4. The third-order valence-corrected chi connectivity index (χ3v) is 5.59. The lowest BCUT2D eigenvalue weighted by Crippen LogP contribution is -2.57. The van der Waals surface area contributed by atoms with Gasteiger partial charge in [0.1, 0.15) is 23.4 Å². The van der Waals surface area contributed by atoms with Crippen LogP contribution < -0.4 is 10.6 Å². The number of esters is 1. The molecule has 0 aliphatic carbocycles. The van der Waals surface area contributed by atoms with E-state index in [1.807, 2.05) is 13.8 Å². The largest absolute Gasteiger partial charge is 0.508 e. The van der Waals surface area contributed by atoms with Gasteiger partial charge < -0.3 is 30.1 Å². The van der Waals surface area contributed by atoms with E-state index in [0.717, 1.165) is 0 Å². The van der Waals surface area contributed by atoms with Crippen molar-refractivity contribution >= 4 is 23.9 Å². The van der Waals surface area contributed by atoms with Gasteiger partial charge in [0.2, 0.25) is 11.8 Å². The van der Waals surface area contributed by atoms with E-state index in [1.54, 1.807) is 53.7 Å². The molecule has 3 atom stereocenters. The fourth-order valence-electron chi connectivity index (χ4n) is 3.62. The van der Waals surface area contributed by atoms with E-state index in [4.69, 9.17) is 9.47 Å². The Bertz CT molecular complexity index is 910. The number of amides is 3. The Labute approximate surface area is 220 Å². The topological polar surface area (TPSA) is 134 Å². The number of benzene rings is 1. The van der Waals surface area contributed by atoms with E-state index in [2.05, 4.69) is 10.6 Å². The SMILES string of the molecule is CCOC(=O)CCNC(=O)C(c1ccc(O)cc1)N(C(=O)C(NC(=O)OC(C)(C)C)C(C)C)C(C)CC. The first-order valence-corrected chi connectivity index (χ1v) is 12.8. The van der Waals surface area contributed by atoms with Crippen molar-refractivity contribution in [3.05, 3.63) is 29.8 Å². The summed E-state index contributed by atoms with van der Waals surface area (Å²) in [6.45, 7) is 14.4. The fourth-order valence-corrected chi connectivity index (χ4v) is 3.62. The molecule has 0 aromatic heterocycles. The Morgan fingerprint density at radius 1 is 1.03 bits per heavy atom. The summed E-state index contributed by atoms with van der Waals surface area (Å²) in [5.41, 5.74) is -0.279. The highest BCUT2D eigenvalue weighted by Gasteiger charge is 2.39. The van der Waals surface area contributed by atoms with Crippen LogP contribution in [-0.2, 0) is 23.9 Å². The minimum atomic E-state index is -1.08. The predicted molar refractivity (Wildman–Crippen MR) is 140 cm³/mol. The third-order valence-electron chi connectivity index (χ3n) is 5.59. The number of phenolic OH excluding ortho intramolecular Hbond substituents is 1. The van der Waals surface area contributed by atoms with Gasteiger partial charge in [-0.1, -0.05) is 32.9 Å². The molecule has 0 aliphatic heterocycles. The molecule has 37 heavy (non-hydrogen) atoms. The average molecular weight is 522 g/mol. The smallest absolute Gasteiger partial charge is 0.408 e. The lowest BCUT2D eigenvalue weighted by molar-refractivity contribution is -0.146. The lowest BCUT2D eigenvalue weighted by atomic mass is 9.96. The highest BCUT2D eigenvalue weighted by atomic mass is 16.6. The molecule has 0 heterocycles. The van der Waals surface area contributed by atoms with Gasteiger partial charge in [-0.25, -0.2) is 4.79 Å². The van der Waals surface area contributed by atoms with Gasteiger partial charge in [-0.15, -0.1) is 0 Å². The van der Waals surface area contributed by atoms with Crippen molar-refractivity contribution in [3.8, 4) is 5.75 Å². The van der Waals surface area contributed by atoms with Gasteiger partial charge >= 0.3 is 12.1 Å². The second-order valence-corrected chi connectivity index (χ2v) is 10.2. The Morgan fingerprint density at radius 3 is 2.11 bits per heavy atom. The predicted octanol–water partition coefficient (Wildman–Crippen LogP) is 3.68. The molecule has 0 bridgehead atoms. The molecule has 1 aromatic carbocycles. The molecule has 0 fully saturated rings.